The van der Waals surface area contributed by atoms with Crippen LogP contribution < -0.4 is 5.73 Å². The minimum atomic E-state index is -3.98. The Morgan fingerprint density at radius 1 is 1.48 bits per heavy atom. The lowest BCUT2D eigenvalue weighted by Crippen LogP contribution is -2.31. The van der Waals surface area contributed by atoms with E-state index in [4.69, 9.17) is 11.0 Å². The van der Waals surface area contributed by atoms with Crippen molar-refractivity contribution >= 4 is 10.0 Å². The van der Waals surface area contributed by atoms with Crippen molar-refractivity contribution in [3.8, 4) is 17.9 Å². The standard InChI is InChI=1S/C14H16FN3O2S/c1-11(9-17)10-18(2)21(19,20)14-6-5-12(4-3-7-16)8-13(14)15/h5-6,8,11H,7,10,16H2,1-2H3. The fourth-order valence-corrected chi connectivity index (χ4v) is 2.93. The third kappa shape index (κ3) is 4.27. The number of nitrogens with two attached hydrogens (primary N) is 1. The van der Waals surface area contributed by atoms with E-state index < -0.39 is 26.7 Å². The van der Waals surface area contributed by atoms with Gasteiger partial charge < -0.3 is 5.73 Å². The first-order valence-electron chi connectivity index (χ1n) is 6.17. The van der Waals surface area contributed by atoms with Crippen molar-refractivity contribution < 1.29 is 12.8 Å². The van der Waals surface area contributed by atoms with E-state index in [0.29, 0.717) is 5.56 Å². The van der Waals surface area contributed by atoms with Gasteiger partial charge in [0, 0.05) is 19.2 Å². The molecule has 0 bridgehead atoms. The molecule has 0 spiro atoms. The minimum absolute atomic E-state index is 0.00694. The minimum Gasteiger partial charge on any atom is -0.320 e. The first-order valence-corrected chi connectivity index (χ1v) is 7.61. The van der Waals surface area contributed by atoms with Crippen LogP contribution in [0.4, 0.5) is 4.39 Å². The van der Waals surface area contributed by atoms with Crippen LogP contribution in [-0.4, -0.2) is 32.9 Å². The monoisotopic (exact) mass is 309 g/mol. The first-order chi connectivity index (χ1) is 9.82. The van der Waals surface area contributed by atoms with E-state index in [9.17, 15) is 12.8 Å². The summed E-state index contributed by atoms with van der Waals surface area (Å²) in [5.41, 5.74) is 5.57. The van der Waals surface area contributed by atoms with Gasteiger partial charge >= 0.3 is 0 Å². The lowest BCUT2D eigenvalue weighted by Gasteiger charge is -2.18. The molecule has 1 rings (SSSR count). The molecular weight excluding hydrogens is 293 g/mol. The molecule has 0 fully saturated rings. The SMILES string of the molecule is CC(C#N)CN(C)S(=O)(=O)c1ccc(C#CCN)cc1F. The van der Waals surface area contributed by atoms with Gasteiger partial charge in [0.15, 0.2) is 0 Å². The maximum atomic E-state index is 14.0. The summed E-state index contributed by atoms with van der Waals surface area (Å²) in [5, 5.41) is 8.72. The van der Waals surface area contributed by atoms with E-state index in [1.807, 2.05) is 6.07 Å². The quantitative estimate of drug-likeness (QED) is 0.838. The molecule has 2 N–H and O–H groups in total. The molecule has 0 saturated heterocycles. The van der Waals surface area contributed by atoms with Crippen molar-refractivity contribution in [2.45, 2.75) is 11.8 Å². The zero-order valence-corrected chi connectivity index (χ0v) is 12.6. The smallest absolute Gasteiger partial charge is 0.245 e. The summed E-state index contributed by atoms with van der Waals surface area (Å²) in [6, 6.07) is 5.57. The topological polar surface area (TPSA) is 87.2 Å². The molecule has 0 saturated carbocycles. The van der Waals surface area contributed by atoms with Crippen LogP contribution in [-0.2, 0) is 10.0 Å². The summed E-state index contributed by atoms with van der Waals surface area (Å²) < 4.78 is 39.4. The van der Waals surface area contributed by atoms with Crippen LogP contribution in [0.2, 0.25) is 0 Å². The molecule has 0 aliphatic heterocycles. The van der Waals surface area contributed by atoms with Gasteiger partial charge in [-0.2, -0.15) is 9.57 Å². The van der Waals surface area contributed by atoms with Gasteiger partial charge in [0.25, 0.3) is 0 Å². The van der Waals surface area contributed by atoms with Gasteiger partial charge in [0.1, 0.15) is 10.7 Å². The number of benzene rings is 1. The van der Waals surface area contributed by atoms with Crippen LogP contribution in [0.5, 0.6) is 0 Å². The fraction of sp³-hybridized carbons (Fsp3) is 0.357. The molecule has 112 valence electrons. The number of sulfonamides is 1. The second kappa shape index (κ2) is 7.19. The predicted molar refractivity (Wildman–Crippen MR) is 76.9 cm³/mol. The van der Waals surface area contributed by atoms with E-state index in [1.54, 1.807) is 6.92 Å². The highest BCUT2D eigenvalue weighted by Gasteiger charge is 2.25. The summed E-state index contributed by atoms with van der Waals surface area (Å²) >= 11 is 0. The van der Waals surface area contributed by atoms with E-state index in [-0.39, 0.29) is 13.1 Å². The second-order valence-corrected chi connectivity index (χ2v) is 6.48. The molecule has 0 aromatic heterocycles. The van der Waals surface area contributed by atoms with Crippen LogP contribution >= 0.6 is 0 Å². The average Bonchev–Trinajstić information content (AvgIpc) is 2.44. The fourth-order valence-electron chi connectivity index (χ4n) is 1.63. The number of rotatable bonds is 4. The number of hydrogen-bond donors (Lipinski definition) is 1. The summed E-state index contributed by atoms with van der Waals surface area (Å²) in [6.45, 7) is 1.72. The molecule has 1 aromatic carbocycles. The van der Waals surface area contributed by atoms with Gasteiger partial charge in [-0.05, 0) is 25.1 Å². The largest absolute Gasteiger partial charge is 0.320 e. The van der Waals surface area contributed by atoms with Crippen molar-refractivity contribution in [2.24, 2.45) is 11.7 Å². The van der Waals surface area contributed by atoms with Crippen LogP contribution in [0, 0.1) is 34.9 Å². The summed E-state index contributed by atoms with van der Waals surface area (Å²) in [6.07, 6.45) is 0. The van der Waals surface area contributed by atoms with Crippen LogP contribution in [0.1, 0.15) is 12.5 Å². The van der Waals surface area contributed by atoms with Gasteiger partial charge in [-0.3, -0.25) is 0 Å². The molecule has 5 nitrogen and oxygen atoms in total. The number of halogens is 1. The second-order valence-electron chi connectivity index (χ2n) is 4.47. The molecule has 0 amide bonds. The lowest BCUT2D eigenvalue weighted by molar-refractivity contribution is 0.434. The Labute approximate surface area is 124 Å². The molecule has 0 radical (unpaired) electrons. The van der Waals surface area contributed by atoms with Gasteiger partial charge in [-0.1, -0.05) is 11.8 Å². The molecule has 0 aliphatic rings. The van der Waals surface area contributed by atoms with E-state index in [0.717, 1.165) is 10.4 Å². The molecule has 7 heteroatoms. The van der Waals surface area contributed by atoms with E-state index >= 15 is 0 Å². The van der Waals surface area contributed by atoms with E-state index in [1.165, 1.54) is 19.2 Å². The third-order valence-corrected chi connectivity index (χ3v) is 4.56. The Bertz CT molecular complexity index is 714. The zero-order valence-electron chi connectivity index (χ0n) is 11.8. The highest BCUT2D eigenvalue weighted by Crippen LogP contribution is 2.20. The Morgan fingerprint density at radius 2 is 2.14 bits per heavy atom. The molecule has 21 heavy (non-hydrogen) atoms. The molecule has 0 heterocycles. The van der Waals surface area contributed by atoms with Crippen LogP contribution in [0.25, 0.3) is 0 Å². The molecular formula is C14H16FN3O2S. The van der Waals surface area contributed by atoms with Crippen molar-refractivity contribution in [1.82, 2.24) is 4.31 Å². The van der Waals surface area contributed by atoms with Crippen molar-refractivity contribution in [3.05, 3.63) is 29.6 Å². The van der Waals surface area contributed by atoms with Gasteiger partial charge in [0.05, 0.1) is 18.5 Å². The van der Waals surface area contributed by atoms with Crippen molar-refractivity contribution in [3.63, 3.8) is 0 Å². The third-order valence-electron chi connectivity index (χ3n) is 2.71. The van der Waals surface area contributed by atoms with Crippen molar-refractivity contribution in [2.75, 3.05) is 20.1 Å². The molecule has 1 aromatic rings. The molecule has 1 unspecified atom stereocenters. The van der Waals surface area contributed by atoms with E-state index in [2.05, 4.69) is 11.8 Å². The zero-order chi connectivity index (χ0) is 16.0. The maximum absolute atomic E-state index is 14.0. The molecule has 1 atom stereocenters. The Kier molecular flexibility index (Phi) is 5.86. The maximum Gasteiger partial charge on any atom is 0.245 e. The Hall–Kier alpha value is -1.93. The van der Waals surface area contributed by atoms with Gasteiger partial charge in [-0.15, -0.1) is 0 Å². The predicted octanol–water partition coefficient (Wildman–Crippen LogP) is 0.916. The normalized spacial score (nSPS) is 12.4. The summed E-state index contributed by atoms with van der Waals surface area (Å²) in [5.74, 6) is 3.83. The molecule has 0 aliphatic carbocycles. The highest BCUT2D eigenvalue weighted by molar-refractivity contribution is 7.89. The summed E-state index contributed by atoms with van der Waals surface area (Å²) in [4.78, 5) is -0.437. The number of hydrogen-bond acceptors (Lipinski definition) is 4. The van der Waals surface area contributed by atoms with Gasteiger partial charge in [0.2, 0.25) is 10.0 Å². The Morgan fingerprint density at radius 3 is 2.67 bits per heavy atom. The highest BCUT2D eigenvalue weighted by atomic mass is 32.2. The van der Waals surface area contributed by atoms with Crippen molar-refractivity contribution in [1.29, 1.82) is 5.26 Å². The number of nitriles is 1. The average molecular weight is 309 g/mol. The van der Waals surface area contributed by atoms with Crippen LogP contribution in [0.15, 0.2) is 23.1 Å². The Balaban J connectivity index is 3.12. The summed E-state index contributed by atoms with van der Waals surface area (Å²) in [7, 11) is -2.67. The van der Waals surface area contributed by atoms with Crippen LogP contribution in [0.3, 0.4) is 0 Å². The lowest BCUT2D eigenvalue weighted by atomic mass is 10.2. The first kappa shape index (κ1) is 17.1. The van der Waals surface area contributed by atoms with Gasteiger partial charge in [-0.25, -0.2) is 12.8 Å². The number of nitrogens with zero attached hydrogens (tertiary/aromatic N) is 2.